The molecule has 5 nitrogen and oxygen atoms in total. The van der Waals surface area contributed by atoms with Crippen molar-refractivity contribution in [1.29, 1.82) is 0 Å². The van der Waals surface area contributed by atoms with Crippen molar-refractivity contribution in [3.63, 3.8) is 0 Å². The summed E-state index contributed by atoms with van der Waals surface area (Å²) in [5.74, 6) is 2.67. The summed E-state index contributed by atoms with van der Waals surface area (Å²) < 4.78 is 14.5. The van der Waals surface area contributed by atoms with Gasteiger partial charge in [0.1, 0.15) is 11.5 Å². The molecule has 0 atom stereocenters. The van der Waals surface area contributed by atoms with Crippen molar-refractivity contribution < 1.29 is 14.3 Å². The van der Waals surface area contributed by atoms with E-state index in [9.17, 15) is 14.3 Å². The third kappa shape index (κ3) is 4.56. The number of carbonyl (C=O) groups excluding carboxylic acids is 1. The van der Waals surface area contributed by atoms with Gasteiger partial charge in [0.2, 0.25) is 0 Å². The molecule has 0 bridgehead atoms. The van der Waals surface area contributed by atoms with Crippen LogP contribution >= 0.6 is 23.5 Å². The van der Waals surface area contributed by atoms with Crippen molar-refractivity contribution in [3.8, 4) is 11.3 Å². The van der Waals surface area contributed by atoms with Crippen LogP contribution in [0.25, 0.3) is 11.3 Å². The van der Waals surface area contributed by atoms with Gasteiger partial charge in [-0.2, -0.15) is 28.6 Å². The lowest BCUT2D eigenvalue weighted by atomic mass is 10.1. The fourth-order valence-corrected chi connectivity index (χ4v) is 5.09. The Morgan fingerprint density at radius 1 is 1.32 bits per heavy atom. The number of carbonyl (C=O) groups is 1. The summed E-state index contributed by atoms with van der Waals surface area (Å²) in [5.41, 5.74) is 0.856. The molecular weight excluding hydrogens is 361 g/mol. The van der Waals surface area contributed by atoms with Crippen LogP contribution in [0.5, 0.6) is 0 Å². The largest absolute Gasteiger partial charge is 0.386 e. The van der Waals surface area contributed by atoms with Gasteiger partial charge in [0.15, 0.2) is 0 Å². The standard InChI is InChI=1S/C17H20FN3O2S2/c1-21-15(8-14(20-21)12-2-4-13(18)5-3-12)16(22)19-9-17(23)10-24-6-7-25-11-17/h2-5,8,23H,6-7,9-11H2,1H3,(H,19,22). The van der Waals surface area contributed by atoms with E-state index < -0.39 is 5.60 Å². The van der Waals surface area contributed by atoms with Gasteiger partial charge in [-0.15, -0.1) is 0 Å². The van der Waals surface area contributed by atoms with E-state index in [2.05, 4.69) is 10.4 Å². The van der Waals surface area contributed by atoms with E-state index in [1.165, 1.54) is 16.8 Å². The smallest absolute Gasteiger partial charge is 0.269 e. The highest BCUT2D eigenvalue weighted by Crippen LogP contribution is 2.24. The van der Waals surface area contributed by atoms with Gasteiger partial charge in [-0.3, -0.25) is 9.48 Å². The molecule has 2 aromatic rings. The Balaban J connectivity index is 1.69. The van der Waals surface area contributed by atoms with Crippen molar-refractivity contribution in [2.75, 3.05) is 29.6 Å². The van der Waals surface area contributed by atoms with Crippen molar-refractivity contribution in [2.24, 2.45) is 7.05 Å². The Hall–Kier alpha value is -1.51. The number of hydrogen-bond donors (Lipinski definition) is 2. The zero-order valence-electron chi connectivity index (χ0n) is 13.9. The second-order valence-electron chi connectivity index (χ2n) is 6.06. The number of nitrogens with one attached hydrogen (secondary N) is 1. The molecule has 1 saturated heterocycles. The first-order chi connectivity index (χ1) is 12.0. The summed E-state index contributed by atoms with van der Waals surface area (Å²) in [4.78, 5) is 12.5. The molecule has 8 heteroatoms. The van der Waals surface area contributed by atoms with Crippen molar-refractivity contribution in [3.05, 3.63) is 41.8 Å². The Morgan fingerprint density at radius 3 is 2.60 bits per heavy atom. The molecule has 1 aromatic carbocycles. The van der Waals surface area contributed by atoms with Crippen LogP contribution < -0.4 is 5.32 Å². The molecular formula is C17H20FN3O2S2. The molecule has 0 radical (unpaired) electrons. The minimum absolute atomic E-state index is 0.211. The van der Waals surface area contributed by atoms with Gasteiger partial charge in [0.05, 0.1) is 11.3 Å². The lowest BCUT2D eigenvalue weighted by molar-refractivity contribution is 0.0747. The number of nitrogens with zero attached hydrogens (tertiary/aromatic N) is 2. The number of amides is 1. The topological polar surface area (TPSA) is 67.2 Å². The molecule has 2 heterocycles. The van der Waals surface area contributed by atoms with E-state index in [0.717, 1.165) is 17.1 Å². The Bertz CT molecular complexity index is 741. The zero-order chi connectivity index (χ0) is 17.9. The van der Waals surface area contributed by atoms with Crippen molar-refractivity contribution in [1.82, 2.24) is 15.1 Å². The maximum absolute atomic E-state index is 13.0. The SMILES string of the molecule is Cn1nc(-c2ccc(F)cc2)cc1C(=O)NCC1(O)CSCCSC1. The molecule has 3 rings (SSSR count). The number of hydrogen-bond acceptors (Lipinski definition) is 5. The van der Waals surface area contributed by atoms with Gasteiger partial charge >= 0.3 is 0 Å². The van der Waals surface area contributed by atoms with E-state index in [1.807, 2.05) is 0 Å². The summed E-state index contributed by atoms with van der Waals surface area (Å²) in [6.07, 6.45) is 0. The molecule has 1 fully saturated rings. The maximum Gasteiger partial charge on any atom is 0.269 e. The van der Waals surface area contributed by atoms with Gasteiger partial charge in [-0.05, 0) is 30.3 Å². The van der Waals surface area contributed by atoms with E-state index in [1.54, 1.807) is 48.8 Å². The quantitative estimate of drug-likeness (QED) is 0.850. The number of aliphatic hydroxyl groups is 1. The average molecular weight is 381 g/mol. The summed E-state index contributed by atoms with van der Waals surface area (Å²) in [5, 5.41) is 17.7. The predicted molar refractivity (Wildman–Crippen MR) is 101 cm³/mol. The summed E-state index contributed by atoms with van der Waals surface area (Å²) in [6, 6.07) is 7.65. The lowest BCUT2D eigenvalue weighted by Gasteiger charge is -2.25. The highest BCUT2D eigenvalue weighted by molar-refractivity contribution is 8.03. The molecule has 0 aliphatic carbocycles. The third-order valence-electron chi connectivity index (χ3n) is 3.94. The number of thioether (sulfide) groups is 2. The van der Waals surface area contributed by atoms with Crippen LogP contribution in [0, 0.1) is 5.82 Å². The van der Waals surface area contributed by atoms with E-state index in [0.29, 0.717) is 22.9 Å². The molecule has 0 saturated carbocycles. The van der Waals surface area contributed by atoms with Gasteiger partial charge in [-0.25, -0.2) is 4.39 Å². The summed E-state index contributed by atoms with van der Waals surface area (Å²) in [7, 11) is 1.69. The first-order valence-corrected chi connectivity index (χ1v) is 10.2. The summed E-state index contributed by atoms with van der Waals surface area (Å²) in [6.45, 7) is 0.211. The molecule has 134 valence electrons. The second-order valence-corrected chi connectivity index (χ2v) is 8.27. The highest BCUT2D eigenvalue weighted by atomic mass is 32.2. The lowest BCUT2D eigenvalue weighted by Crippen LogP contribution is -2.46. The van der Waals surface area contributed by atoms with Crippen molar-refractivity contribution >= 4 is 29.4 Å². The van der Waals surface area contributed by atoms with Gasteiger partial charge in [0.25, 0.3) is 5.91 Å². The van der Waals surface area contributed by atoms with E-state index >= 15 is 0 Å². The minimum atomic E-state index is -0.889. The Morgan fingerprint density at radius 2 is 1.96 bits per heavy atom. The van der Waals surface area contributed by atoms with E-state index in [-0.39, 0.29) is 18.3 Å². The monoisotopic (exact) mass is 381 g/mol. The zero-order valence-corrected chi connectivity index (χ0v) is 15.5. The normalized spacial score (nSPS) is 17.1. The van der Waals surface area contributed by atoms with E-state index in [4.69, 9.17) is 0 Å². The van der Waals surface area contributed by atoms with Gasteiger partial charge in [0, 0.05) is 42.2 Å². The third-order valence-corrected chi connectivity index (χ3v) is 6.67. The van der Waals surface area contributed by atoms with Gasteiger partial charge < -0.3 is 10.4 Å². The summed E-state index contributed by atoms with van der Waals surface area (Å²) >= 11 is 3.41. The van der Waals surface area contributed by atoms with Crippen molar-refractivity contribution in [2.45, 2.75) is 5.60 Å². The Labute approximate surface area is 154 Å². The first kappa shape index (κ1) is 18.3. The number of halogens is 1. The van der Waals surface area contributed by atoms with Crippen LogP contribution in [-0.2, 0) is 7.05 Å². The molecule has 0 unspecified atom stereocenters. The van der Waals surface area contributed by atoms with Crippen LogP contribution in [0.15, 0.2) is 30.3 Å². The maximum atomic E-state index is 13.0. The number of aryl methyl sites for hydroxylation is 1. The van der Waals surface area contributed by atoms with Crippen LogP contribution in [0.2, 0.25) is 0 Å². The molecule has 2 N–H and O–H groups in total. The average Bonchev–Trinajstić information content (AvgIpc) is 2.85. The first-order valence-electron chi connectivity index (χ1n) is 7.93. The van der Waals surface area contributed by atoms with Crippen LogP contribution in [-0.4, -0.2) is 56.0 Å². The number of benzene rings is 1. The predicted octanol–water partition coefficient (Wildman–Crippen LogP) is 2.17. The minimum Gasteiger partial charge on any atom is -0.386 e. The molecule has 25 heavy (non-hydrogen) atoms. The molecule has 1 aliphatic rings. The number of aromatic nitrogens is 2. The second kappa shape index (κ2) is 7.80. The molecule has 1 aliphatic heterocycles. The molecule has 1 aromatic heterocycles. The number of rotatable bonds is 4. The van der Waals surface area contributed by atoms with Crippen LogP contribution in [0.4, 0.5) is 4.39 Å². The molecule has 0 spiro atoms. The van der Waals surface area contributed by atoms with Gasteiger partial charge in [-0.1, -0.05) is 0 Å². The fraction of sp³-hybridized carbons (Fsp3) is 0.412. The highest BCUT2D eigenvalue weighted by Gasteiger charge is 2.30. The van der Waals surface area contributed by atoms with Crippen LogP contribution in [0.1, 0.15) is 10.5 Å². The Kier molecular flexibility index (Phi) is 5.71. The fourth-order valence-electron chi connectivity index (χ4n) is 2.56. The van der Waals surface area contributed by atoms with Crippen LogP contribution in [0.3, 0.4) is 0 Å². The molecule has 1 amide bonds.